The van der Waals surface area contributed by atoms with Crippen LogP contribution in [0, 0.1) is 18.8 Å². The maximum atomic E-state index is 14.2. The number of nitrogens with one attached hydrogen (secondary N) is 2. The Bertz CT molecular complexity index is 2000. The lowest BCUT2D eigenvalue weighted by molar-refractivity contribution is -0.129. The zero-order valence-corrected chi connectivity index (χ0v) is 24.5. The van der Waals surface area contributed by atoms with Crippen LogP contribution in [0.4, 0.5) is 0 Å². The van der Waals surface area contributed by atoms with Crippen LogP contribution >= 0.6 is 0 Å². The average molecular weight is 586 g/mol. The van der Waals surface area contributed by atoms with E-state index in [9.17, 15) is 14.4 Å². The smallest absolute Gasteiger partial charge is 0.267 e. The van der Waals surface area contributed by atoms with Gasteiger partial charge in [0.2, 0.25) is 5.91 Å². The van der Waals surface area contributed by atoms with Gasteiger partial charge in [0, 0.05) is 23.8 Å². The molecule has 1 aliphatic rings. The van der Waals surface area contributed by atoms with Gasteiger partial charge in [0.15, 0.2) is 0 Å². The maximum Gasteiger partial charge on any atom is 0.267 e. The van der Waals surface area contributed by atoms with E-state index in [1.165, 1.54) is 4.57 Å². The lowest BCUT2D eigenvalue weighted by Crippen LogP contribution is -2.34. The summed E-state index contributed by atoms with van der Waals surface area (Å²) < 4.78 is 6.94. The Morgan fingerprint density at radius 1 is 1.07 bits per heavy atom. The third-order valence-corrected chi connectivity index (χ3v) is 7.69. The van der Waals surface area contributed by atoms with Crippen LogP contribution in [-0.4, -0.2) is 45.6 Å². The molecule has 2 amide bonds. The second kappa shape index (κ2) is 12.5. The molecule has 0 saturated carbocycles. The first-order chi connectivity index (χ1) is 21.4. The molecule has 9 nitrogen and oxygen atoms in total. The second-order valence-electron chi connectivity index (χ2n) is 10.7. The van der Waals surface area contributed by atoms with Crippen molar-refractivity contribution >= 4 is 33.5 Å². The van der Waals surface area contributed by atoms with Crippen molar-refractivity contribution in [3.63, 3.8) is 0 Å². The number of fused-ring (bicyclic) bond motifs is 2. The molecule has 0 bridgehead atoms. The molecule has 5 aromatic rings. The largest absolute Gasteiger partial charge is 0.368 e. The average Bonchev–Trinajstić information content (AvgIpc) is 3.58. The number of nitrogens with zero attached hydrogens (tertiary/aromatic N) is 3. The molecule has 0 aliphatic carbocycles. The lowest BCUT2D eigenvalue weighted by atomic mass is 10.0. The van der Waals surface area contributed by atoms with Crippen LogP contribution < -0.4 is 16.2 Å². The van der Waals surface area contributed by atoms with Crippen LogP contribution in [0.1, 0.15) is 53.2 Å². The summed E-state index contributed by atoms with van der Waals surface area (Å²) in [5.41, 5.74) is 2.34. The van der Waals surface area contributed by atoms with Crippen LogP contribution in [-0.2, 0) is 9.53 Å². The van der Waals surface area contributed by atoms with Crippen molar-refractivity contribution in [1.29, 1.82) is 0 Å². The number of para-hydroxylation sites is 1. The molecule has 0 radical (unpaired) electrons. The Hall–Kier alpha value is -5.33. The minimum absolute atomic E-state index is 0.124. The molecule has 2 aromatic heterocycles. The molecule has 3 aromatic carbocycles. The van der Waals surface area contributed by atoms with E-state index in [2.05, 4.69) is 27.5 Å². The van der Waals surface area contributed by atoms with Crippen molar-refractivity contribution in [1.82, 2.24) is 25.2 Å². The SMILES string of the molecule is Cc1ncc2ccccc2c1C(=O)NC(C)c1nc2cccc(C#CCNC(=O)[C@H]3CCCO3)c2c(=O)n1-c1ccccc1. The minimum Gasteiger partial charge on any atom is -0.368 e. The first-order valence-electron chi connectivity index (χ1n) is 14.6. The first-order valence-corrected chi connectivity index (χ1v) is 14.6. The molecule has 44 heavy (non-hydrogen) atoms. The van der Waals surface area contributed by atoms with Gasteiger partial charge in [-0.3, -0.25) is 23.9 Å². The number of hydrogen-bond acceptors (Lipinski definition) is 6. The summed E-state index contributed by atoms with van der Waals surface area (Å²) in [5, 5.41) is 7.85. The highest BCUT2D eigenvalue weighted by Gasteiger charge is 2.24. The van der Waals surface area contributed by atoms with Crippen molar-refractivity contribution in [3.8, 4) is 17.5 Å². The van der Waals surface area contributed by atoms with E-state index in [1.807, 2.05) is 54.6 Å². The van der Waals surface area contributed by atoms with Crippen molar-refractivity contribution in [2.24, 2.45) is 0 Å². The quantitative estimate of drug-likeness (QED) is 0.286. The Kier molecular flexibility index (Phi) is 8.17. The summed E-state index contributed by atoms with van der Waals surface area (Å²) >= 11 is 0. The van der Waals surface area contributed by atoms with Gasteiger partial charge in [-0.2, -0.15) is 0 Å². The van der Waals surface area contributed by atoms with E-state index in [0.717, 1.165) is 17.2 Å². The van der Waals surface area contributed by atoms with Gasteiger partial charge in [0.05, 0.1) is 40.4 Å². The molecule has 1 saturated heterocycles. The van der Waals surface area contributed by atoms with Crippen molar-refractivity contribution in [2.45, 2.75) is 38.8 Å². The molecular formula is C35H31N5O4. The monoisotopic (exact) mass is 585 g/mol. The van der Waals surface area contributed by atoms with Crippen molar-refractivity contribution < 1.29 is 14.3 Å². The van der Waals surface area contributed by atoms with E-state index in [-0.39, 0.29) is 23.9 Å². The molecule has 0 spiro atoms. The Morgan fingerprint density at radius 2 is 1.86 bits per heavy atom. The number of aryl methyl sites for hydroxylation is 1. The van der Waals surface area contributed by atoms with Crippen molar-refractivity contribution in [2.75, 3.05) is 13.2 Å². The molecule has 1 unspecified atom stereocenters. The van der Waals surface area contributed by atoms with Gasteiger partial charge in [-0.25, -0.2) is 4.98 Å². The molecular weight excluding hydrogens is 554 g/mol. The number of rotatable bonds is 6. The zero-order valence-electron chi connectivity index (χ0n) is 24.5. The fraction of sp³-hybridized carbons (Fsp3) is 0.229. The van der Waals surface area contributed by atoms with E-state index < -0.39 is 12.1 Å². The highest BCUT2D eigenvalue weighted by molar-refractivity contribution is 6.07. The van der Waals surface area contributed by atoms with Gasteiger partial charge in [0.25, 0.3) is 11.5 Å². The van der Waals surface area contributed by atoms with Gasteiger partial charge < -0.3 is 15.4 Å². The molecule has 2 atom stereocenters. The van der Waals surface area contributed by atoms with Gasteiger partial charge >= 0.3 is 0 Å². The summed E-state index contributed by atoms with van der Waals surface area (Å²) in [6.45, 7) is 4.32. The number of pyridine rings is 1. The van der Waals surface area contributed by atoms with Crippen molar-refractivity contribution in [3.05, 3.63) is 112 Å². The number of carbonyl (C=O) groups excluding carboxylic acids is 2. The molecule has 220 valence electrons. The topological polar surface area (TPSA) is 115 Å². The van der Waals surface area contributed by atoms with Crippen LogP contribution in [0.2, 0.25) is 0 Å². The highest BCUT2D eigenvalue weighted by Crippen LogP contribution is 2.23. The zero-order chi connectivity index (χ0) is 30.6. The lowest BCUT2D eigenvalue weighted by Gasteiger charge is -2.20. The fourth-order valence-electron chi connectivity index (χ4n) is 5.52. The number of amides is 2. The first kappa shape index (κ1) is 28.8. The van der Waals surface area contributed by atoms with Crippen LogP contribution in [0.15, 0.2) is 83.8 Å². The number of hydrogen-bond donors (Lipinski definition) is 2. The normalized spacial score (nSPS) is 15.0. The summed E-state index contributed by atoms with van der Waals surface area (Å²) in [6.07, 6.45) is 2.89. The van der Waals surface area contributed by atoms with Crippen LogP contribution in [0.25, 0.3) is 27.4 Å². The number of carbonyl (C=O) groups is 2. The van der Waals surface area contributed by atoms with Gasteiger partial charge in [-0.15, -0.1) is 0 Å². The van der Waals surface area contributed by atoms with Gasteiger partial charge in [-0.05, 0) is 56.3 Å². The fourth-order valence-corrected chi connectivity index (χ4v) is 5.52. The Morgan fingerprint density at radius 3 is 2.66 bits per heavy atom. The molecule has 6 rings (SSSR count). The van der Waals surface area contributed by atoms with E-state index in [1.54, 1.807) is 38.2 Å². The standard InChI is InChI=1S/C35H31N5O4/c1-22-30(27-16-7-6-11-25(27)21-37-22)34(42)38-23(2)32-39-28-17-8-12-24(13-9-19-36-33(41)29-18-10-20-44-29)31(28)35(43)40(32)26-14-4-3-5-15-26/h3-8,11-12,14-17,21,23,29H,10,18-20H2,1-2H3,(H,36,41)(H,38,42)/t23?,29-/m1/s1. The number of benzene rings is 3. The summed E-state index contributed by atoms with van der Waals surface area (Å²) in [7, 11) is 0. The molecule has 1 fully saturated rings. The second-order valence-corrected chi connectivity index (χ2v) is 10.7. The Labute approximate surface area is 254 Å². The van der Waals surface area contributed by atoms with Crippen LogP contribution in [0.3, 0.4) is 0 Å². The van der Waals surface area contributed by atoms with Crippen LogP contribution in [0.5, 0.6) is 0 Å². The minimum atomic E-state index is -0.638. The molecule has 3 heterocycles. The predicted molar refractivity (Wildman–Crippen MR) is 169 cm³/mol. The molecule has 9 heteroatoms. The highest BCUT2D eigenvalue weighted by atomic mass is 16.5. The maximum absolute atomic E-state index is 14.2. The number of aromatic nitrogens is 3. The van der Waals surface area contributed by atoms with Gasteiger partial charge in [0.1, 0.15) is 11.9 Å². The van der Waals surface area contributed by atoms with E-state index in [0.29, 0.717) is 52.3 Å². The summed E-state index contributed by atoms with van der Waals surface area (Å²) in [6, 6.07) is 21.5. The van der Waals surface area contributed by atoms with E-state index >= 15 is 0 Å². The third-order valence-electron chi connectivity index (χ3n) is 7.69. The van der Waals surface area contributed by atoms with Gasteiger partial charge in [-0.1, -0.05) is 60.4 Å². The predicted octanol–water partition coefficient (Wildman–Crippen LogP) is 4.38. The number of ether oxygens (including phenoxy) is 1. The summed E-state index contributed by atoms with van der Waals surface area (Å²) in [5.74, 6) is 5.89. The summed E-state index contributed by atoms with van der Waals surface area (Å²) in [4.78, 5) is 49.5. The van der Waals surface area contributed by atoms with E-state index in [4.69, 9.17) is 9.72 Å². The molecule has 1 aliphatic heterocycles. The third kappa shape index (κ3) is 5.68. The molecule has 2 N–H and O–H groups in total. The Balaban J connectivity index is 1.37.